The summed E-state index contributed by atoms with van der Waals surface area (Å²) in [6.45, 7) is 1.88. The number of sulfonamides is 1. The number of ether oxygens (including phenoxy) is 1. The minimum atomic E-state index is -3.71. The fourth-order valence-corrected chi connectivity index (χ4v) is 5.42. The molecule has 1 saturated heterocycles. The molecule has 3 rings (SSSR count). The smallest absolute Gasteiger partial charge is 0.251 e. The molecule has 0 spiro atoms. The van der Waals surface area contributed by atoms with Crippen LogP contribution in [-0.4, -0.2) is 69.9 Å². The average molecular weight is 424 g/mol. The molecule has 1 saturated carbocycles. The third kappa shape index (κ3) is 5.10. The van der Waals surface area contributed by atoms with Gasteiger partial charge in [0.2, 0.25) is 10.0 Å². The standard InChI is InChI=1S/C21H33N3O4S/c1-23(2)29(26,27)20-14-16(10-11-19(20)28-3)21(25)22-17-12-13-24(15-17)18-8-6-4-5-7-9-18/h10-11,14,17-18H,4-9,12-13,15H2,1-3H3,(H,22,25). The minimum absolute atomic E-state index is 0.00385. The fourth-order valence-electron chi connectivity index (χ4n) is 4.34. The number of rotatable bonds is 6. The highest BCUT2D eigenvalue weighted by Gasteiger charge is 2.30. The molecule has 162 valence electrons. The first-order valence-electron chi connectivity index (χ1n) is 10.5. The van der Waals surface area contributed by atoms with E-state index in [1.54, 1.807) is 6.07 Å². The largest absolute Gasteiger partial charge is 0.495 e. The first kappa shape index (κ1) is 22.1. The molecule has 1 aliphatic heterocycles. The zero-order chi connectivity index (χ0) is 21.0. The molecule has 7 nitrogen and oxygen atoms in total. The summed E-state index contributed by atoms with van der Waals surface area (Å²) in [4.78, 5) is 15.3. The summed E-state index contributed by atoms with van der Waals surface area (Å²) in [6.07, 6.45) is 8.71. The van der Waals surface area contributed by atoms with E-state index < -0.39 is 10.0 Å². The van der Waals surface area contributed by atoms with Crippen molar-refractivity contribution in [1.82, 2.24) is 14.5 Å². The summed E-state index contributed by atoms with van der Waals surface area (Å²) in [5.74, 6) is -0.00812. The molecule has 1 aromatic carbocycles. The van der Waals surface area contributed by atoms with Gasteiger partial charge in [-0.1, -0.05) is 25.7 Å². The van der Waals surface area contributed by atoms with Crippen LogP contribution >= 0.6 is 0 Å². The van der Waals surface area contributed by atoms with E-state index in [0.29, 0.717) is 11.6 Å². The van der Waals surface area contributed by atoms with E-state index in [1.807, 2.05) is 0 Å². The van der Waals surface area contributed by atoms with Crippen LogP contribution in [0.15, 0.2) is 23.1 Å². The Hall–Kier alpha value is -1.64. The zero-order valence-electron chi connectivity index (χ0n) is 17.7. The zero-order valence-corrected chi connectivity index (χ0v) is 18.5. The van der Waals surface area contributed by atoms with Crippen molar-refractivity contribution in [3.05, 3.63) is 23.8 Å². The Kier molecular flexibility index (Phi) is 7.19. The molecule has 1 N–H and O–H groups in total. The molecule has 2 aliphatic rings. The molecule has 0 radical (unpaired) electrons. The van der Waals surface area contributed by atoms with Gasteiger partial charge in [0, 0.05) is 44.8 Å². The lowest BCUT2D eigenvalue weighted by molar-refractivity contribution is 0.0935. The molecule has 1 heterocycles. The van der Waals surface area contributed by atoms with Crippen molar-refractivity contribution in [2.45, 2.75) is 61.9 Å². The maximum absolute atomic E-state index is 12.8. The number of nitrogens with one attached hydrogen (secondary N) is 1. The Morgan fingerprint density at radius 2 is 1.83 bits per heavy atom. The number of likely N-dealkylation sites (tertiary alicyclic amines) is 1. The highest BCUT2D eigenvalue weighted by Crippen LogP contribution is 2.28. The van der Waals surface area contributed by atoms with E-state index in [2.05, 4.69) is 10.2 Å². The number of amides is 1. The molecular weight excluding hydrogens is 390 g/mol. The number of carbonyl (C=O) groups is 1. The normalized spacial score (nSPS) is 21.9. The van der Waals surface area contributed by atoms with Crippen LogP contribution in [0.5, 0.6) is 5.75 Å². The highest BCUT2D eigenvalue weighted by molar-refractivity contribution is 7.89. The second-order valence-corrected chi connectivity index (χ2v) is 10.4. The van der Waals surface area contributed by atoms with Gasteiger partial charge in [-0.2, -0.15) is 0 Å². The van der Waals surface area contributed by atoms with Crippen LogP contribution in [0.1, 0.15) is 55.3 Å². The van der Waals surface area contributed by atoms with Gasteiger partial charge in [0.1, 0.15) is 10.6 Å². The van der Waals surface area contributed by atoms with Gasteiger partial charge in [0.25, 0.3) is 5.91 Å². The van der Waals surface area contributed by atoms with Gasteiger partial charge in [-0.3, -0.25) is 9.69 Å². The van der Waals surface area contributed by atoms with Crippen molar-refractivity contribution in [3.8, 4) is 5.75 Å². The maximum Gasteiger partial charge on any atom is 0.251 e. The number of hydrogen-bond acceptors (Lipinski definition) is 5. The van der Waals surface area contributed by atoms with E-state index in [9.17, 15) is 13.2 Å². The molecule has 1 aromatic rings. The summed E-state index contributed by atoms with van der Waals surface area (Å²) in [5.41, 5.74) is 0.333. The van der Waals surface area contributed by atoms with Gasteiger partial charge < -0.3 is 10.1 Å². The second-order valence-electron chi connectivity index (χ2n) is 8.25. The summed E-state index contributed by atoms with van der Waals surface area (Å²) in [6, 6.07) is 5.29. The van der Waals surface area contributed by atoms with Crippen molar-refractivity contribution in [2.24, 2.45) is 0 Å². The van der Waals surface area contributed by atoms with Crippen molar-refractivity contribution < 1.29 is 17.9 Å². The van der Waals surface area contributed by atoms with Crippen molar-refractivity contribution in [1.29, 1.82) is 0 Å². The topological polar surface area (TPSA) is 79.0 Å². The van der Waals surface area contributed by atoms with E-state index >= 15 is 0 Å². The first-order valence-corrected chi connectivity index (χ1v) is 11.9. The molecule has 29 heavy (non-hydrogen) atoms. The number of methoxy groups -OCH3 is 1. The van der Waals surface area contributed by atoms with Gasteiger partial charge in [0.15, 0.2) is 0 Å². The monoisotopic (exact) mass is 423 g/mol. The molecule has 2 fully saturated rings. The SMILES string of the molecule is COc1ccc(C(=O)NC2CCN(C3CCCCCC3)C2)cc1S(=O)(=O)N(C)C. The second kappa shape index (κ2) is 9.45. The van der Waals surface area contributed by atoms with Crippen LogP contribution < -0.4 is 10.1 Å². The third-order valence-electron chi connectivity index (χ3n) is 6.08. The quantitative estimate of drug-likeness (QED) is 0.711. The first-order chi connectivity index (χ1) is 13.8. The van der Waals surface area contributed by atoms with Gasteiger partial charge in [0.05, 0.1) is 7.11 Å². The van der Waals surface area contributed by atoms with E-state index in [-0.39, 0.29) is 22.6 Å². The Balaban J connectivity index is 1.68. The maximum atomic E-state index is 12.8. The lowest BCUT2D eigenvalue weighted by atomic mass is 10.1. The minimum Gasteiger partial charge on any atom is -0.495 e. The summed E-state index contributed by atoms with van der Waals surface area (Å²) >= 11 is 0. The van der Waals surface area contributed by atoms with Crippen LogP contribution in [0.4, 0.5) is 0 Å². The van der Waals surface area contributed by atoms with Crippen LogP contribution in [-0.2, 0) is 10.0 Å². The molecule has 0 bridgehead atoms. The molecule has 1 atom stereocenters. The van der Waals surface area contributed by atoms with E-state index in [1.165, 1.54) is 71.9 Å². The van der Waals surface area contributed by atoms with E-state index in [0.717, 1.165) is 23.8 Å². The van der Waals surface area contributed by atoms with Crippen molar-refractivity contribution in [2.75, 3.05) is 34.3 Å². The van der Waals surface area contributed by atoms with Crippen LogP contribution in [0.25, 0.3) is 0 Å². The van der Waals surface area contributed by atoms with Crippen LogP contribution in [0.2, 0.25) is 0 Å². The Bertz CT molecular complexity index is 817. The van der Waals surface area contributed by atoms with Crippen LogP contribution in [0.3, 0.4) is 0 Å². The Morgan fingerprint density at radius 1 is 1.14 bits per heavy atom. The lowest BCUT2D eigenvalue weighted by Gasteiger charge is -2.26. The third-order valence-corrected chi connectivity index (χ3v) is 7.92. The molecule has 0 aromatic heterocycles. The van der Waals surface area contributed by atoms with Gasteiger partial charge in [-0.25, -0.2) is 12.7 Å². The molecular formula is C21H33N3O4S. The molecule has 1 unspecified atom stereocenters. The molecule has 1 amide bonds. The highest BCUT2D eigenvalue weighted by atomic mass is 32.2. The Labute approximate surface area is 174 Å². The van der Waals surface area contributed by atoms with E-state index in [4.69, 9.17) is 4.74 Å². The van der Waals surface area contributed by atoms with Crippen LogP contribution in [0, 0.1) is 0 Å². The van der Waals surface area contributed by atoms with Crippen molar-refractivity contribution >= 4 is 15.9 Å². The number of hydrogen-bond donors (Lipinski definition) is 1. The Morgan fingerprint density at radius 3 is 2.45 bits per heavy atom. The lowest BCUT2D eigenvalue weighted by Crippen LogP contribution is -2.39. The predicted octanol–water partition coefficient (Wildman–Crippen LogP) is 2.47. The van der Waals surface area contributed by atoms with Gasteiger partial charge in [-0.05, 0) is 37.5 Å². The fraction of sp³-hybridized carbons (Fsp3) is 0.667. The average Bonchev–Trinajstić information content (AvgIpc) is 2.99. The van der Waals surface area contributed by atoms with Gasteiger partial charge in [-0.15, -0.1) is 0 Å². The number of carbonyl (C=O) groups excluding carboxylic acids is 1. The number of nitrogens with zero attached hydrogens (tertiary/aromatic N) is 2. The summed E-state index contributed by atoms with van der Waals surface area (Å²) in [7, 11) is 0.632. The molecule has 1 aliphatic carbocycles. The van der Waals surface area contributed by atoms with Crippen molar-refractivity contribution in [3.63, 3.8) is 0 Å². The predicted molar refractivity (Wildman–Crippen MR) is 113 cm³/mol. The van der Waals surface area contributed by atoms with Gasteiger partial charge >= 0.3 is 0 Å². The molecule has 8 heteroatoms. The summed E-state index contributed by atoms with van der Waals surface area (Å²) in [5, 5.41) is 3.10. The number of benzene rings is 1. The summed E-state index contributed by atoms with van der Waals surface area (Å²) < 4.78 is 31.5.